The van der Waals surface area contributed by atoms with E-state index >= 15 is 0 Å². The number of carbonyl (C=O) groups is 1. The smallest absolute Gasteiger partial charge is 0.228 e. The molecule has 1 aliphatic rings. The first kappa shape index (κ1) is 13.6. The fourth-order valence-electron chi connectivity index (χ4n) is 2.62. The Morgan fingerprint density at radius 1 is 1.19 bits per heavy atom. The minimum Gasteiger partial charge on any atom is -0.496 e. The van der Waals surface area contributed by atoms with Crippen LogP contribution >= 0.6 is 0 Å². The summed E-state index contributed by atoms with van der Waals surface area (Å²) in [6.45, 7) is 1.96. The summed E-state index contributed by atoms with van der Waals surface area (Å²) in [5.74, 6) is 0.748. The summed E-state index contributed by atoms with van der Waals surface area (Å²) in [6, 6.07) is 11.2. The summed E-state index contributed by atoms with van der Waals surface area (Å²) >= 11 is 0. The Bertz CT molecular complexity index is 709. The molecule has 0 saturated carbocycles. The maximum absolute atomic E-state index is 11.4. The van der Waals surface area contributed by atoms with Crippen molar-refractivity contribution in [3.63, 3.8) is 0 Å². The van der Waals surface area contributed by atoms with E-state index in [1.54, 1.807) is 7.11 Å². The molecular weight excluding hydrogens is 266 g/mol. The number of nitrogens with one attached hydrogen (secondary N) is 1. The van der Waals surface area contributed by atoms with Gasteiger partial charge in [-0.3, -0.25) is 4.79 Å². The molecule has 0 fully saturated rings. The Labute approximate surface area is 123 Å². The number of aliphatic hydroxyl groups excluding tert-OH is 1. The Morgan fingerprint density at radius 2 is 1.90 bits per heavy atom. The van der Waals surface area contributed by atoms with Crippen LogP contribution in [0.3, 0.4) is 0 Å². The largest absolute Gasteiger partial charge is 0.496 e. The van der Waals surface area contributed by atoms with E-state index in [4.69, 9.17) is 4.74 Å². The maximum Gasteiger partial charge on any atom is 0.228 e. The van der Waals surface area contributed by atoms with Crippen molar-refractivity contribution in [3.8, 4) is 5.75 Å². The standard InChI is InChI=1S/C17H17NO3/c1-10-3-4-12(8-15(10)21-2)17(20)11-5-6-14-13(7-11)9-16(19)18-14/h3-8,17,20H,9H2,1-2H3,(H,18,19). The van der Waals surface area contributed by atoms with Crippen LogP contribution in [0.25, 0.3) is 0 Å². The Hall–Kier alpha value is -2.33. The second kappa shape index (κ2) is 5.22. The molecule has 3 rings (SSSR count). The van der Waals surface area contributed by atoms with Crippen LogP contribution in [0.1, 0.15) is 28.4 Å². The lowest BCUT2D eigenvalue weighted by molar-refractivity contribution is -0.115. The lowest BCUT2D eigenvalue weighted by atomic mass is 9.97. The first-order chi connectivity index (χ1) is 10.1. The van der Waals surface area contributed by atoms with Gasteiger partial charge in [-0.05, 0) is 41.3 Å². The highest BCUT2D eigenvalue weighted by Crippen LogP contribution is 2.31. The number of aryl methyl sites for hydroxylation is 1. The average Bonchev–Trinajstić information content (AvgIpc) is 2.86. The molecule has 0 spiro atoms. The topological polar surface area (TPSA) is 58.6 Å². The van der Waals surface area contributed by atoms with E-state index in [2.05, 4.69) is 5.32 Å². The van der Waals surface area contributed by atoms with E-state index in [0.717, 1.165) is 33.7 Å². The van der Waals surface area contributed by atoms with Crippen molar-refractivity contribution in [1.29, 1.82) is 0 Å². The molecular formula is C17H17NO3. The van der Waals surface area contributed by atoms with Crippen molar-refractivity contribution in [2.45, 2.75) is 19.4 Å². The SMILES string of the molecule is COc1cc(C(O)c2ccc3c(c2)CC(=O)N3)ccc1C. The van der Waals surface area contributed by atoms with Crippen LogP contribution in [0.15, 0.2) is 36.4 Å². The fraction of sp³-hybridized carbons (Fsp3) is 0.235. The number of benzene rings is 2. The summed E-state index contributed by atoms with van der Waals surface area (Å²) < 4.78 is 5.29. The monoisotopic (exact) mass is 283 g/mol. The van der Waals surface area contributed by atoms with Gasteiger partial charge in [0, 0.05) is 5.69 Å². The zero-order valence-electron chi connectivity index (χ0n) is 12.0. The number of aliphatic hydroxyl groups is 1. The van der Waals surface area contributed by atoms with E-state index in [1.165, 1.54) is 0 Å². The molecule has 21 heavy (non-hydrogen) atoms. The highest BCUT2D eigenvalue weighted by atomic mass is 16.5. The molecule has 0 aliphatic carbocycles. The molecule has 1 aliphatic heterocycles. The third-order valence-corrected chi connectivity index (χ3v) is 3.82. The predicted octanol–water partition coefficient (Wildman–Crippen LogP) is 2.58. The van der Waals surface area contributed by atoms with Crippen molar-refractivity contribution in [2.24, 2.45) is 0 Å². The van der Waals surface area contributed by atoms with Gasteiger partial charge in [0.25, 0.3) is 0 Å². The first-order valence-electron chi connectivity index (χ1n) is 6.84. The number of carbonyl (C=O) groups excluding carboxylic acids is 1. The fourth-order valence-corrected chi connectivity index (χ4v) is 2.62. The normalized spacial score (nSPS) is 14.5. The van der Waals surface area contributed by atoms with E-state index in [9.17, 15) is 9.90 Å². The lowest BCUT2D eigenvalue weighted by Gasteiger charge is -2.15. The molecule has 1 unspecified atom stereocenters. The molecule has 0 radical (unpaired) electrons. The van der Waals surface area contributed by atoms with Gasteiger partial charge >= 0.3 is 0 Å². The molecule has 108 valence electrons. The van der Waals surface area contributed by atoms with E-state index in [0.29, 0.717) is 6.42 Å². The second-order valence-corrected chi connectivity index (χ2v) is 5.27. The van der Waals surface area contributed by atoms with Crippen LogP contribution in [0.5, 0.6) is 5.75 Å². The first-order valence-corrected chi connectivity index (χ1v) is 6.84. The molecule has 1 heterocycles. The number of hydrogen-bond acceptors (Lipinski definition) is 3. The van der Waals surface area contributed by atoms with Crippen LogP contribution in [0.2, 0.25) is 0 Å². The van der Waals surface area contributed by atoms with Crippen molar-refractivity contribution in [3.05, 3.63) is 58.7 Å². The highest BCUT2D eigenvalue weighted by Gasteiger charge is 2.20. The molecule has 2 N–H and O–H groups in total. The quantitative estimate of drug-likeness (QED) is 0.910. The van der Waals surface area contributed by atoms with E-state index in [-0.39, 0.29) is 5.91 Å². The van der Waals surface area contributed by atoms with Crippen molar-refractivity contribution in [1.82, 2.24) is 0 Å². The van der Waals surface area contributed by atoms with Gasteiger partial charge in [-0.1, -0.05) is 24.3 Å². The van der Waals surface area contributed by atoms with Crippen LogP contribution in [-0.4, -0.2) is 18.1 Å². The molecule has 2 aromatic carbocycles. The minimum atomic E-state index is -0.736. The second-order valence-electron chi connectivity index (χ2n) is 5.27. The molecule has 1 amide bonds. The van der Waals surface area contributed by atoms with Gasteiger partial charge in [-0.15, -0.1) is 0 Å². The van der Waals surface area contributed by atoms with Crippen LogP contribution in [0.4, 0.5) is 5.69 Å². The summed E-state index contributed by atoms with van der Waals surface area (Å²) in [6.07, 6.45) is -0.367. The number of hydrogen-bond donors (Lipinski definition) is 2. The van der Waals surface area contributed by atoms with Gasteiger partial charge < -0.3 is 15.2 Å². The Balaban J connectivity index is 1.94. The number of rotatable bonds is 3. The number of ether oxygens (including phenoxy) is 1. The van der Waals surface area contributed by atoms with Gasteiger partial charge in [0.05, 0.1) is 13.5 Å². The number of methoxy groups -OCH3 is 1. The Morgan fingerprint density at radius 3 is 2.67 bits per heavy atom. The summed E-state index contributed by atoms with van der Waals surface area (Å²) in [5, 5.41) is 13.3. The van der Waals surface area contributed by atoms with Crippen LogP contribution in [0, 0.1) is 6.92 Å². The molecule has 4 nitrogen and oxygen atoms in total. The molecule has 0 aromatic heterocycles. The van der Waals surface area contributed by atoms with E-state index in [1.807, 2.05) is 43.3 Å². The van der Waals surface area contributed by atoms with Crippen molar-refractivity contribution < 1.29 is 14.6 Å². The third kappa shape index (κ3) is 2.50. The molecule has 0 saturated heterocycles. The third-order valence-electron chi connectivity index (χ3n) is 3.82. The maximum atomic E-state index is 11.4. The van der Waals surface area contributed by atoms with Crippen molar-refractivity contribution in [2.75, 3.05) is 12.4 Å². The average molecular weight is 283 g/mol. The van der Waals surface area contributed by atoms with Gasteiger partial charge in [-0.25, -0.2) is 0 Å². The van der Waals surface area contributed by atoms with Gasteiger partial charge in [0.15, 0.2) is 0 Å². The van der Waals surface area contributed by atoms with Gasteiger partial charge in [-0.2, -0.15) is 0 Å². The molecule has 1 atom stereocenters. The summed E-state index contributed by atoms with van der Waals surface area (Å²) in [4.78, 5) is 11.4. The molecule has 0 bridgehead atoms. The molecule has 4 heteroatoms. The number of fused-ring (bicyclic) bond motifs is 1. The lowest BCUT2D eigenvalue weighted by Crippen LogP contribution is -2.03. The number of anilines is 1. The predicted molar refractivity (Wildman–Crippen MR) is 80.6 cm³/mol. The molecule has 2 aromatic rings. The Kier molecular flexibility index (Phi) is 3.39. The number of amides is 1. The summed E-state index contributed by atoms with van der Waals surface area (Å²) in [5.41, 5.74) is 4.33. The van der Waals surface area contributed by atoms with E-state index < -0.39 is 6.10 Å². The zero-order chi connectivity index (χ0) is 15.0. The van der Waals surface area contributed by atoms with Gasteiger partial charge in [0.1, 0.15) is 11.9 Å². The minimum absolute atomic E-state index is 0.00588. The van der Waals surface area contributed by atoms with Crippen molar-refractivity contribution >= 4 is 11.6 Å². The summed E-state index contributed by atoms with van der Waals surface area (Å²) in [7, 11) is 1.62. The zero-order valence-corrected chi connectivity index (χ0v) is 12.0. The van der Waals surface area contributed by atoms with Crippen LogP contribution < -0.4 is 10.1 Å². The van der Waals surface area contributed by atoms with Gasteiger partial charge in [0.2, 0.25) is 5.91 Å². The highest BCUT2D eigenvalue weighted by molar-refractivity contribution is 5.99. The van der Waals surface area contributed by atoms with Crippen LogP contribution in [-0.2, 0) is 11.2 Å².